The van der Waals surface area contributed by atoms with Crippen LogP contribution < -0.4 is 21.3 Å². The number of nitrogens with one attached hydrogen (secondary N) is 4. The summed E-state index contributed by atoms with van der Waals surface area (Å²) in [7, 11) is 0. The van der Waals surface area contributed by atoms with Gasteiger partial charge in [0.1, 0.15) is 85.9 Å². The van der Waals surface area contributed by atoms with Gasteiger partial charge in [-0.2, -0.15) is 0 Å². The first kappa shape index (κ1) is 79.2. The summed E-state index contributed by atoms with van der Waals surface area (Å²) in [6, 6.07) is 104. The lowest BCUT2D eigenvalue weighted by molar-refractivity contribution is 0.393. The van der Waals surface area contributed by atoms with Gasteiger partial charge in [0, 0.05) is 95.3 Å². The molecule has 0 aliphatic heterocycles. The molecule has 0 aliphatic rings. The van der Waals surface area contributed by atoms with Crippen molar-refractivity contribution in [3.8, 4) is 89.5 Å². The highest BCUT2D eigenvalue weighted by atomic mass is 16.5. The van der Waals surface area contributed by atoms with Crippen molar-refractivity contribution in [1.29, 1.82) is 0 Å². The highest BCUT2D eigenvalue weighted by Crippen LogP contribution is 2.39. The molecule has 21 rings (SSSR count). The van der Waals surface area contributed by atoms with Crippen LogP contribution in [0.25, 0.3) is 123 Å². The van der Waals surface area contributed by atoms with Crippen molar-refractivity contribution in [3.63, 3.8) is 0 Å². The molecule has 0 aliphatic carbocycles. The highest BCUT2D eigenvalue weighted by molar-refractivity contribution is 5.87. The number of benzene rings is 9. The van der Waals surface area contributed by atoms with E-state index in [0.29, 0.717) is 0 Å². The summed E-state index contributed by atoms with van der Waals surface area (Å²) in [5.74, 6) is 6.45. The fourth-order valence-corrected chi connectivity index (χ4v) is 15.9. The van der Waals surface area contributed by atoms with Gasteiger partial charge in [-0.15, -0.1) is 0 Å². The lowest BCUT2D eigenvalue weighted by Gasteiger charge is -2.10. The summed E-state index contributed by atoms with van der Waals surface area (Å²) >= 11 is 0. The zero-order valence-electron chi connectivity index (χ0n) is 70.0. The van der Waals surface area contributed by atoms with Gasteiger partial charge < -0.3 is 39.4 Å². The molecule has 0 unspecified atom stereocenters. The standard InChI is InChI=1S/C28H22N4O.C26H24N4O.2C25H22N4O/c1-19-24-17-23(14-15-25(24)33-31-19)21-10-12-22(13-11-21)27-28(29-18-20-7-3-2-4-8-20)32-16-6-5-9-26(32)30-27;1-17-9-14-23-28-25(26(30(23)16-17)27-15-20-7-5-4-6-8-20)22-12-10-21(11-13-22)24-18(2)29-31-19(24)3;2*1-17-23(18(2)30-28-17)20-11-13-21(14-12-20)24-25(26-16-19-8-4-3-5-9-19)29-15-7-6-10-22(29)27-24/h2-17,29H,18H2,1H3;4-14,16,27H,15H2,1-3H3;2*3-15,26H,16H2,1-2H3. The number of pyridine rings is 4. The van der Waals surface area contributed by atoms with E-state index < -0.39 is 0 Å². The molecule has 9 aromatic carbocycles. The Bertz CT molecular complexity index is 6980. The summed E-state index contributed by atoms with van der Waals surface area (Å²) < 4.78 is 29.8. The summed E-state index contributed by atoms with van der Waals surface area (Å²) in [6.07, 6.45) is 8.25. The minimum absolute atomic E-state index is 0.729. The molecule has 610 valence electrons. The molecule has 0 saturated heterocycles. The van der Waals surface area contributed by atoms with Gasteiger partial charge >= 0.3 is 0 Å². The second-order valence-electron chi connectivity index (χ2n) is 30.7. The molecule has 0 saturated carbocycles. The molecule has 20 nitrogen and oxygen atoms in total. The van der Waals surface area contributed by atoms with Crippen LogP contribution in [0.5, 0.6) is 0 Å². The van der Waals surface area contributed by atoms with Gasteiger partial charge in [-0.3, -0.25) is 17.6 Å². The fraction of sp³-hybridized carbons (Fsp3) is 0.115. The largest absolute Gasteiger partial charge is 0.365 e. The van der Waals surface area contributed by atoms with Gasteiger partial charge in [-0.1, -0.05) is 269 Å². The van der Waals surface area contributed by atoms with E-state index in [9.17, 15) is 0 Å². The van der Waals surface area contributed by atoms with Gasteiger partial charge in [-0.05, 0) is 166 Å². The fourth-order valence-electron chi connectivity index (χ4n) is 15.9. The number of aryl methyl sites for hydroxylation is 8. The molecule has 12 aromatic heterocycles. The average molecular weight is 1630 g/mol. The Labute approximate surface area is 717 Å². The Morgan fingerprint density at radius 1 is 0.250 bits per heavy atom. The summed E-state index contributed by atoms with van der Waals surface area (Å²) in [5, 5.41) is 31.7. The van der Waals surface area contributed by atoms with E-state index in [0.717, 1.165) is 213 Å². The lowest BCUT2D eigenvalue weighted by atomic mass is 10.0. The Hall–Kier alpha value is -16.0. The first-order valence-corrected chi connectivity index (χ1v) is 41.4. The second-order valence-corrected chi connectivity index (χ2v) is 30.7. The number of aromatic nitrogens is 12. The van der Waals surface area contributed by atoms with Crippen molar-refractivity contribution in [1.82, 2.24) is 58.2 Å². The lowest BCUT2D eigenvalue weighted by Crippen LogP contribution is -2.03. The molecular weight excluding hydrogens is 1540 g/mol. The Morgan fingerprint density at radius 2 is 0.532 bits per heavy atom. The van der Waals surface area contributed by atoms with Crippen LogP contribution in [0.15, 0.2) is 346 Å². The maximum atomic E-state index is 5.35. The number of hydrogen-bond donors (Lipinski definition) is 4. The molecule has 0 radical (unpaired) electrons. The van der Waals surface area contributed by atoms with E-state index in [-0.39, 0.29) is 0 Å². The molecule has 0 fully saturated rings. The summed E-state index contributed by atoms with van der Waals surface area (Å²) in [6.45, 7) is 18.7. The third-order valence-electron chi connectivity index (χ3n) is 22.2. The van der Waals surface area contributed by atoms with Crippen LogP contribution in [-0.2, 0) is 26.2 Å². The Kier molecular flexibility index (Phi) is 22.7. The number of nitrogens with zero attached hydrogens (tertiary/aromatic N) is 12. The van der Waals surface area contributed by atoms with Gasteiger partial charge in [0.25, 0.3) is 0 Å². The van der Waals surface area contributed by atoms with Crippen LogP contribution in [0.4, 0.5) is 23.3 Å². The first-order valence-electron chi connectivity index (χ1n) is 41.4. The molecular formula is C104H90N16O4. The van der Waals surface area contributed by atoms with Crippen LogP contribution in [0.3, 0.4) is 0 Å². The molecule has 12 heterocycles. The number of anilines is 4. The molecule has 20 heteroatoms. The van der Waals surface area contributed by atoms with E-state index in [1.54, 1.807) is 0 Å². The molecule has 0 spiro atoms. The normalized spacial score (nSPS) is 11.2. The molecule has 21 aromatic rings. The smallest absolute Gasteiger partial charge is 0.167 e. The zero-order valence-corrected chi connectivity index (χ0v) is 70.0. The summed E-state index contributed by atoms with van der Waals surface area (Å²) in [4.78, 5) is 19.6. The van der Waals surface area contributed by atoms with Crippen LogP contribution in [0.1, 0.15) is 67.9 Å². The number of imidazole rings is 4. The van der Waals surface area contributed by atoms with E-state index in [4.69, 9.17) is 38.0 Å². The van der Waals surface area contributed by atoms with Gasteiger partial charge in [0.2, 0.25) is 0 Å². The topological polar surface area (TPSA) is 221 Å². The molecule has 0 amide bonds. The van der Waals surface area contributed by atoms with E-state index in [2.05, 4.69) is 291 Å². The number of fused-ring (bicyclic) bond motifs is 5. The predicted octanol–water partition coefficient (Wildman–Crippen LogP) is 24.7. The Morgan fingerprint density at radius 3 is 0.855 bits per heavy atom. The van der Waals surface area contributed by atoms with Crippen LogP contribution in [-0.4, -0.2) is 58.2 Å². The van der Waals surface area contributed by atoms with Gasteiger partial charge in [0.15, 0.2) is 5.58 Å². The average Bonchev–Trinajstić information content (AvgIpc) is 1.63. The van der Waals surface area contributed by atoms with Crippen molar-refractivity contribution in [2.75, 3.05) is 21.3 Å². The van der Waals surface area contributed by atoms with Gasteiger partial charge in [0.05, 0.1) is 22.8 Å². The number of hydrogen-bond acceptors (Lipinski definition) is 16. The van der Waals surface area contributed by atoms with E-state index in [1.165, 1.54) is 27.8 Å². The SMILES string of the molecule is Cc1ccc2nc(-c3ccc(-c4c(C)noc4C)cc3)c(NCc3ccccc3)n2c1.Cc1noc(C)c1-c1ccc(-c2nc3ccccn3c2NCc2ccccc2)cc1.Cc1noc(C)c1-c1ccc(-c2nc3ccccn3c2NCc2ccccc2)cc1.Cc1noc2ccc(-c3ccc(-c4nc5ccccn5c4NCc4ccccc4)cc3)cc12. The maximum Gasteiger partial charge on any atom is 0.167 e. The van der Waals surface area contributed by atoms with Crippen molar-refractivity contribution in [3.05, 3.63) is 396 Å². The van der Waals surface area contributed by atoms with Gasteiger partial charge in [-0.25, -0.2) is 19.9 Å². The van der Waals surface area contributed by atoms with Crippen LogP contribution >= 0.6 is 0 Å². The van der Waals surface area contributed by atoms with E-state index >= 15 is 0 Å². The molecule has 4 N–H and O–H groups in total. The molecule has 0 atom stereocenters. The van der Waals surface area contributed by atoms with Crippen molar-refractivity contribution >= 4 is 56.8 Å². The van der Waals surface area contributed by atoms with Crippen molar-refractivity contribution < 1.29 is 18.1 Å². The third-order valence-corrected chi connectivity index (χ3v) is 22.2. The third kappa shape index (κ3) is 16.9. The Balaban J connectivity index is 0.000000113. The van der Waals surface area contributed by atoms with Crippen molar-refractivity contribution in [2.24, 2.45) is 0 Å². The second kappa shape index (κ2) is 35.5. The van der Waals surface area contributed by atoms with Crippen LogP contribution in [0, 0.1) is 55.4 Å². The highest BCUT2D eigenvalue weighted by Gasteiger charge is 2.22. The first-order chi connectivity index (χ1) is 60.8. The monoisotopic (exact) mass is 1630 g/mol. The van der Waals surface area contributed by atoms with Crippen molar-refractivity contribution in [2.45, 2.75) is 81.6 Å². The quantitative estimate of drug-likeness (QED) is 0.0557. The minimum Gasteiger partial charge on any atom is -0.365 e. The number of rotatable bonds is 20. The van der Waals surface area contributed by atoms with Crippen LogP contribution in [0.2, 0.25) is 0 Å². The molecule has 124 heavy (non-hydrogen) atoms. The zero-order chi connectivity index (χ0) is 84.6. The molecule has 0 bridgehead atoms. The maximum absolute atomic E-state index is 5.35. The minimum atomic E-state index is 0.729. The van der Waals surface area contributed by atoms with E-state index in [1.807, 2.05) is 152 Å². The predicted molar refractivity (Wildman–Crippen MR) is 495 cm³/mol. The summed E-state index contributed by atoms with van der Waals surface area (Å²) in [5.41, 5.74) is 30.9.